The van der Waals surface area contributed by atoms with E-state index in [0.717, 1.165) is 22.0 Å². The van der Waals surface area contributed by atoms with Gasteiger partial charge in [-0.2, -0.15) is 0 Å². The zero-order chi connectivity index (χ0) is 26.8. The largest absolute Gasteiger partial charge is 0.496 e. The summed E-state index contributed by atoms with van der Waals surface area (Å²) in [6, 6.07) is 25.1. The van der Waals surface area contributed by atoms with Gasteiger partial charge in [-0.15, -0.1) is 0 Å². The zero-order valence-electron chi connectivity index (χ0n) is 21.0. The highest BCUT2D eigenvalue weighted by molar-refractivity contribution is 9.10. The topological polar surface area (TPSA) is 66.9 Å². The van der Waals surface area contributed by atoms with Gasteiger partial charge in [-0.1, -0.05) is 60.7 Å². The predicted octanol–water partition coefficient (Wildman–Crippen LogP) is 5.88. The molecule has 0 aliphatic carbocycles. The van der Waals surface area contributed by atoms with Crippen LogP contribution in [0.2, 0.25) is 0 Å². The number of ether oxygens (including phenoxy) is 1. The Balaban J connectivity index is 1.36. The fourth-order valence-electron chi connectivity index (χ4n) is 6.37. The fourth-order valence-corrected chi connectivity index (χ4v) is 6.91. The van der Waals surface area contributed by atoms with Gasteiger partial charge in [0.25, 0.3) is 0 Å². The van der Waals surface area contributed by atoms with Crippen LogP contribution in [0.4, 0.5) is 11.4 Å². The molecular formula is C32H23BrN2O4. The number of hydrogen-bond donors (Lipinski definition) is 0. The summed E-state index contributed by atoms with van der Waals surface area (Å²) in [6.45, 7) is 0. The maximum atomic E-state index is 14.3. The van der Waals surface area contributed by atoms with Crippen LogP contribution in [0.25, 0.3) is 16.8 Å². The molecule has 4 atom stereocenters. The normalized spacial score (nSPS) is 23.1. The van der Waals surface area contributed by atoms with Gasteiger partial charge in [-0.25, -0.2) is 4.90 Å². The lowest BCUT2D eigenvalue weighted by Crippen LogP contribution is -2.48. The molecule has 0 aromatic heterocycles. The van der Waals surface area contributed by atoms with Crippen LogP contribution in [-0.4, -0.2) is 36.8 Å². The molecule has 3 heterocycles. The highest BCUT2D eigenvalue weighted by Gasteiger charge is 2.64. The van der Waals surface area contributed by atoms with Crippen LogP contribution in [0.15, 0.2) is 95.5 Å². The van der Waals surface area contributed by atoms with Crippen LogP contribution < -0.4 is 14.5 Å². The molecule has 0 N–H and O–H groups in total. The number of nitrogens with zero attached hydrogens (tertiary/aromatic N) is 2. The van der Waals surface area contributed by atoms with Crippen LogP contribution in [0.1, 0.15) is 15.9 Å². The molecule has 2 amide bonds. The van der Waals surface area contributed by atoms with E-state index in [1.54, 1.807) is 31.4 Å². The second-order valence-electron chi connectivity index (χ2n) is 10.1. The molecule has 0 saturated carbocycles. The lowest BCUT2D eigenvalue weighted by Gasteiger charge is -2.36. The number of hydrogen-bond acceptors (Lipinski definition) is 5. The van der Waals surface area contributed by atoms with Crippen molar-refractivity contribution in [3.05, 3.63) is 107 Å². The van der Waals surface area contributed by atoms with Crippen molar-refractivity contribution in [1.29, 1.82) is 0 Å². The SMILES string of the molecule is COc1ccc(C(=O)[C@@H]2[C@@H]3C(=O)N(c4ccc5ccccc5c4)C(=O)[C@H]3[C@@H]3C=Cc4ccccc4N23)cc1Br. The monoisotopic (exact) mass is 578 g/mol. The molecule has 2 saturated heterocycles. The molecule has 6 nitrogen and oxygen atoms in total. The number of anilines is 2. The minimum absolute atomic E-state index is 0.206. The Morgan fingerprint density at radius 1 is 0.846 bits per heavy atom. The average molecular weight is 579 g/mol. The highest BCUT2D eigenvalue weighted by Crippen LogP contribution is 2.50. The van der Waals surface area contributed by atoms with Gasteiger partial charge in [-0.3, -0.25) is 14.4 Å². The Kier molecular flexibility index (Phi) is 5.45. The summed E-state index contributed by atoms with van der Waals surface area (Å²) in [5, 5.41) is 1.97. The zero-order valence-corrected chi connectivity index (χ0v) is 22.5. The van der Waals surface area contributed by atoms with E-state index in [1.165, 1.54) is 4.90 Å². The Hall–Kier alpha value is -4.23. The number of para-hydroxylation sites is 1. The smallest absolute Gasteiger partial charge is 0.240 e. The maximum absolute atomic E-state index is 14.3. The quantitative estimate of drug-likeness (QED) is 0.223. The first-order valence-electron chi connectivity index (χ1n) is 12.8. The summed E-state index contributed by atoms with van der Waals surface area (Å²) < 4.78 is 5.99. The molecule has 7 rings (SSSR count). The van der Waals surface area contributed by atoms with E-state index in [1.807, 2.05) is 77.7 Å². The number of rotatable bonds is 4. The lowest BCUT2D eigenvalue weighted by atomic mass is 9.86. The van der Waals surface area contributed by atoms with E-state index in [9.17, 15) is 14.4 Å². The van der Waals surface area contributed by atoms with Gasteiger partial charge in [0.2, 0.25) is 11.8 Å². The minimum Gasteiger partial charge on any atom is -0.496 e. The second-order valence-corrected chi connectivity index (χ2v) is 10.9. The summed E-state index contributed by atoms with van der Waals surface area (Å²) in [6.07, 6.45) is 3.95. The van der Waals surface area contributed by atoms with Gasteiger partial charge >= 0.3 is 0 Å². The van der Waals surface area contributed by atoms with E-state index in [0.29, 0.717) is 21.5 Å². The van der Waals surface area contributed by atoms with E-state index in [4.69, 9.17) is 4.74 Å². The third-order valence-corrected chi connectivity index (χ3v) is 8.73. The average Bonchev–Trinajstić information content (AvgIpc) is 3.44. The second kappa shape index (κ2) is 8.92. The molecule has 2 fully saturated rings. The third-order valence-electron chi connectivity index (χ3n) is 8.11. The van der Waals surface area contributed by atoms with Crippen molar-refractivity contribution in [2.24, 2.45) is 11.8 Å². The predicted molar refractivity (Wildman–Crippen MR) is 154 cm³/mol. The van der Waals surface area contributed by atoms with Crippen LogP contribution in [0.3, 0.4) is 0 Å². The van der Waals surface area contributed by atoms with Gasteiger partial charge in [0.05, 0.1) is 35.1 Å². The summed E-state index contributed by atoms with van der Waals surface area (Å²) in [7, 11) is 1.56. The fraction of sp³-hybridized carbons (Fsp3) is 0.156. The highest BCUT2D eigenvalue weighted by atomic mass is 79.9. The van der Waals surface area contributed by atoms with Gasteiger partial charge in [-0.05, 0) is 68.7 Å². The van der Waals surface area contributed by atoms with Crippen molar-refractivity contribution >= 4 is 61.8 Å². The number of carbonyl (C=O) groups excluding carboxylic acids is 3. The Morgan fingerprint density at radius 2 is 1.59 bits per heavy atom. The van der Waals surface area contributed by atoms with Crippen LogP contribution in [0, 0.1) is 11.8 Å². The molecule has 7 heteroatoms. The first-order chi connectivity index (χ1) is 19.0. The van der Waals surface area contributed by atoms with E-state index >= 15 is 0 Å². The maximum Gasteiger partial charge on any atom is 0.240 e. The molecule has 39 heavy (non-hydrogen) atoms. The van der Waals surface area contributed by atoms with Gasteiger partial charge in [0.15, 0.2) is 5.78 Å². The first kappa shape index (κ1) is 23.9. The number of imide groups is 1. The Morgan fingerprint density at radius 3 is 2.38 bits per heavy atom. The number of benzene rings is 4. The van der Waals surface area contributed by atoms with Crippen molar-refractivity contribution in [3.63, 3.8) is 0 Å². The molecule has 3 aliphatic rings. The molecule has 0 spiro atoms. The third kappa shape index (κ3) is 3.49. The number of halogens is 1. The van der Waals surface area contributed by atoms with Crippen LogP contribution in [0.5, 0.6) is 5.75 Å². The molecule has 0 unspecified atom stereocenters. The number of Topliss-reactive ketones (excluding diaryl/α,β-unsaturated/α-hetero) is 1. The van der Waals surface area contributed by atoms with Crippen molar-refractivity contribution < 1.29 is 19.1 Å². The van der Waals surface area contributed by atoms with Gasteiger partial charge in [0.1, 0.15) is 11.8 Å². The van der Waals surface area contributed by atoms with Crippen LogP contribution in [-0.2, 0) is 9.59 Å². The molecule has 0 radical (unpaired) electrons. The van der Waals surface area contributed by atoms with Crippen molar-refractivity contribution in [2.75, 3.05) is 16.9 Å². The summed E-state index contributed by atoms with van der Waals surface area (Å²) >= 11 is 3.49. The van der Waals surface area contributed by atoms with Crippen LogP contribution >= 0.6 is 15.9 Å². The Bertz CT molecular complexity index is 1730. The number of carbonyl (C=O) groups is 3. The van der Waals surface area contributed by atoms with Crippen molar-refractivity contribution in [2.45, 2.75) is 12.1 Å². The molecule has 3 aliphatic heterocycles. The molecule has 4 aromatic rings. The molecule has 192 valence electrons. The number of amides is 2. The van der Waals surface area contributed by atoms with E-state index in [-0.39, 0.29) is 17.6 Å². The summed E-state index contributed by atoms with van der Waals surface area (Å²) in [4.78, 5) is 45.8. The number of ketones is 1. The van der Waals surface area contributed by atoms with Gasteiger partial charge in [0, 0.05) is 11.3 Å². The first-order valence-corrected chi connectivity index (χ1v) is 13.6. The molecule has 0 bridgehead atoms. The summed E-state index contributed by atoms with van der Waals surface area (Å²) in [5.41, 5.74) is 2.78. The summed E-state index contributed by atoms with van der Waals surface area (Å²) in [5.74, 6) is -1.71. The van der Waals surface area contributed by atoms with Crippen molar-refractivity contribution in [3.8, 4) is 5.75 Å². The van der Waals surface area contributed by atoms with E-state index < -0.39 is 23.9 Å². The molecular weight excluding hydrogens is 556 g/mol. The van der Waals surface area contributed by atoms with Gasteiger partial charge < -0.3 is 9.64 Å². The number of fused-ring (bicyclic) bond motifs is 6. The Labute approximate surface area is 233 Å². The lowest BCUT2D eigenvalue weighted by molar-refractivity contribution is -0.122. The minimum atomic E-state index is -0.840. The number of methoxy groups -OCH3 is 1. The van der Waals surface area contributed by atoms with Crippen molar-refractivity contribution in [1.82, 2.24) is 0 Å². The van der Waals surface area contributed by atoms with E-state index in [2.05, 4.69) is 15.9 Å². The molecule has 4 aromatic carbocycles. The standard InChI is InChI=1S/C32H23BrN2O4/c1-39-26-15-12-21(17-23(26)33)30(36)29-28-27(25-14-11-19-7-4-5-9-24(19)35(25)29)31(37)34(32(28)38)22-13-10-18-6-2-3-8-20(18)16-22/h2-17,25,27-29H,1H3/t25-,27-,28+,29-/m0/s1.